The molecule has 1 saturated heterocycles. The van der Waals surface area contributed by atoms with Crippen LogP contribution in [0, 0.1) is 12.7 Å². The summed E-state index contributed by atoms with van der Waals surface area (Å²) in [5.74, 6) is -1.17. The van der Waals surface area contributed by atoms with Crippen LogP contribution in [0.25, 0.3) is 11.8 Å². The first-order valence-corrected chi connectivity index (χ1v) is 9.43. The molecule has 28 heavy (non-hydrogen) atoms. The Balaban J connectivity index is 1.69. The number of carbonyl (C=O) groups excluding carboxylic acids is 2. The Morgan fingerprint density at radius 2 is 1.89 bits per heavy atom. The molecule has 1 aromatic heterocycles. The van der Waals surface area contributed by atoms with E-state index in [0.29, 0.717) is 30.0 Å². The van der Waals surface area contributed by atoms with Gasteiger partial charge in [0.15, 0.2) is 6.10 Å². The van der Waals surface area contributed by atoms with Crippen molar-refractivity contribution in [1.82, 2.24) is 14.7 Å². The Bertz CT molecular complexity index is 902. The molecule has 1 aromatic carbocycles. The molecule has 1 aliphatic rings. The van der Waals surface area contributed by atoms with Gasteiger partial charge in [-0.15, -0.1) is 0 Å². The largest absolute Gasteiger partial charge is 0.449 e. The molecule has 8 heteroatoms. The van der Waals surface area contributed by atoms with Crippen LogP contribution < -0.4 is 0 Å². The molecule has 6 nitrogen and oxygen atoms in total. The van der Waals surface area contributed by atoms with Crippen molar-refractivity contribution in [3.05, 3.63) is 52.6 Å². The molecule has 0 unspecified atom stereocenters. The zero-order chi connectivity index (χ0) is 20.3. The van der Waals surface area contributed by atoms with Gasteiger partial charge in [-0.05, 0) is 57.0 Å². The molecule has 1 atom stereocenters. The van der Waals surface area contributed by atoms with Gasteiger partial charge >= 0.3 is 5.97 Å². The third-order valence-electron chi connectivity index (χ3n) is 4.56. The van der Waals surface area contributed by atoms with Gasteiger partial charge in [-0.2, -0.15) is 5.10 Å². The second kappa shape index (κ2) is 8.56. The molecule has 1 fully saturated rings. The molecule has 2 aromatic rings. The SMILES string of the molecule is Cc1nn(-c2ccc(F)cc2)c(Cl)c1/C=C/C(=O)O[C@@H](C)C(=O)N1CCCC1. The van der Waals surface area contributed by atoms with E-state index in [1.165, 1.54) is 29.0 Å². The Morgan fingerprint density at radius 3 is 2.54 bits per heavy atom. The van der Waals surface area contributed by atoms with Crippen LogP contribution in [0.1, 0.15) is 31.0 Å². The molecule has 0 aliphatic carbocycles. The minimum Gasteiger partial charge on any atom is -0.449 e. The fraction of sp³-hybridized carbons (Fsp3) is 0.350. The van der Waals surface area contributed by atoms with Gasteiger partial charge in [-0.25, -0.2) is 13.9 Å². The average Bonchev–Trinajstić information content (AvgIpc) is 3.29. The molecule has 1 amide bonds. The third kappa shape index (κ3) is 4.42. The number of amides is 1. The van der Waals surface area contributed by atoms with Crippen LogP contribution >= 0.6 is 11.6 Å². The van der Waals surface area contributed by atoms with E-state index in [4.69, 9.17) is 16.3 Å². The Hall–Kier alpha value is -2.67. The lowest BCUT2D eigenvalue weighted by molar-refractivity contribution is -0.154. The molecule has 0 bridgehead atoms. The topological polar surface area (TPSA) is 64.4 Å². The summed E-state index contributed by atoms with van der Waals surface area (Å²) in [6.45, 7) is 4.72. The van der Waals surface area contributed by atoms with E-state index in [9.17, 15) is 14.0 Å². The van der Waals surface area contributed by atoms with E-state index >= 15 is 0 Å². The van der Waals surface area contributed by atoms with Crippen molar-refractivity contribution in [2.45, 2.75) is 32.8 Å². The van der Waals surface area contributed by atoms with Crippen molar-refractivity contribution in [1.29, 1.82) is 0 Å². The summed E-state index contributed by atoms with van der Waals surface area (Å²) in [6.07, 6.45) is 3.83. The quantitative estimate of drug-likeness (QED) is 0.563. The standard InChI is InChI=1S/C20H21ClFN3O3/c1-13-17(19(21)25(23-13)16-7-5-15(22)6-8-16)9-10-18(26)28-14(2)20(27)24-11-3-4-12-24/h5-10,14H,3-4,11-12H2,1-2H3/b10-9+/t14-/m0/s1. The molecule has 1 aliphatic heterocycles. The summed E-state index contributed by atoms with van der Waals surface area (Å²) in [7, 11) is 0. The number of rotatable bonds is 5. The number of halogens is 2. The number of esters is 1. The van der Waals surface area contributed by atoms with Gasteiger partial charge in [0.2, 0.25) is 0 Å². The molecular formula is C20H21ClFN3O3. The van der Waals surface area contributed by atoms with E-state index in [1.54, 1.807) is 30.9 Å². The highest BCUT2D eigenvalue weighted by molar-refractivity contribution is 6.31. The van der Waals surface area contributed by atoms with Crippen LogP contribution in [0.2, 0.25) is 5.15 Å². The fourth-order valence-corrected chi connectivity index (χ4v) is 3.40. The third-order valence-corrected chi connectivity index (χ3v) is 4.93. The molecule has 0 saturated carbocycles. The number of nitrogens with zero attached hydrogens (tertiary/aromatic N) is 3. The first-order chi connectivity index (χ1) is 13.4. The predicted molar refractivity (Wildman–Crippen MR) is 104 cm³/mol. The summed E-state index contributed by atoms with van der Waals surface area (Å²) >= 11 is 6.37. The summed E-state index contributed by atoms with van der Waals surface area (Å²) < 4.78 is 19.8. The second-order valence-corrected chi connectivity index (χ2v) is 6.98. The smallest absolute Gasteiger partial charge is 0.331 e. The van der Waals surface area contributed by atoms with Crippen LogP contribution in [0.5, 0.6) is 0 Å². The number of hydrogen-bond acceptors (Lipinski definition) is 4. The number of ether oxygens (including phenoxy) is 1. The van der Waals surface area contributed by atoms with Crippen molar-refractivity contribution in [3.63, 3.8) is 0 Å². The van der Waals surface area contributed by atoms with Crippen molar-refractivity contribution >= 4 is 29.6 Å². The molecule has 0 radical (unpaired) electrons. The van der Waals surface area contributed by atoms with E-state index in [2.05, 4.69) is 5.10 Å². The Labute approximate surface area is 167 Å². The van der Waals surface area contributed by atoms with Crippen LogP contribution in [0.4, 0.5) is 4.39 Å². The molecule has 2 heterocycles. The molecule has 0 spiro atoms. The van der Waals surface area contributed by atoms with Gasteiger partial charge in [0, 0.05) is 24.7 Å². The van der Waals surface area contributed by atoms with E-state index in [0.717, 1.165) is 12.8 Å². The highest BCUT2D eigenvalue weighted by atomic mass is 35.5. The van der Waals surface area contributed by atoms with Crippen LogP contribution in [-0.2, 0) is 14.3 Å². The molecule has 148 valence electrons. The average molecular weight is 406 g/mol. The lowest BCUT2D eigenvalue weighted by atomic mass is 10.2. The van der Waals surface area contributed by atoms with Crippen molar-refractivity contribution in [3.8, 4) is 5.69 Å². The predicted octanol–water partition coefficient (Wildman–Crippen LogP) is 3.54. The van der Waals surface area contributed by atoms with Gasteiger partial charge in [-0.1, -0.05) is 11.6 Å². The molecule has 3 rings (SSSR count). The highest BCUT2D eigenvalue weighted by Gasteiger charge is 2.25. The van der Waals surface area contributed by atoms with Crippen molar-refractivity contribution in [2.24, 2.45) is 0 Å². The number of aromatic nitrogens is 2. The van der Waals surface area contributed by atoms with Crippen LogP contribution in [-0.4, -0.2) is 45.8 Å². The normalized spacial score (nSPS) is 15.2. The molecular weight excluding hydrogens is 385 g/mol. The van der Waals surface area contributed by atoms with Gasteiger partial charge < -0.3 is 9.64 Å². The van der Waals surface area contributed by atoms with Crippen LogP contribution in [0.3, 0.4) is 0 Å². The Kier molecular flexibility index (Phi) is 6.14. The lowest BCUT2D eigenvalue weighted by Gasteiger charge is -2.19. The van der Waals surface area contributed by atoms with Gasteiger partial charge in [0.25, 0.3) is 5.91 Å². The van der Waals surface area contributed by atoms with Crippen molar-refractivity contribution in [2.75, 3.05) is 13.1 Å². The summed E-state index contributed by atoms with van der Waals surface area (Å²) in [5, 5.41) is 4.61. The van der Waals surface area contributed by atoms with Gasteiger partial charge in [0.1, 0.15) is 11.0 Å². The van der Waals surface area contributed by atoms with Crippen LogP contribution in [0.15, 0.2) is 30.3 Å². The lowest BCUT2D eigenvalue weighted by Crippen LogP contribution is -2.37. The first-order valence-electron chi connectivity index (χ1n) is 9.05. The number of carbonyl (C=O) groups is 2. The fourth-order valence-electron chi connectivity index (χ4n) is 3.06. The molecule has 0 N–H and O–H groups in total. The van der Waals surface area contributed by atoms with E-state index in [1.807, 2.05) is 0 Å². The summed E-state index contributed by atoms with van der Waals surface area (Å²) in [4.78, 5) is 26.0. The first kappa shape index (κ1) is 20.1. The zero-order valence-corrected chi connectivity index (χ0v) is 16.4. The maximum absolute atomic E-state index is 13.1. The summed E-state index contributed by atoms with van der Waals surface area (Å²) in [6, 6.07) is 5.74. The van der Waals surface area contributed by atoms with Crippen molar-refractivity contribution < 1.29 is 18.7 Å². The van der Waals surface area contributed by atoms with Gasteiger partial charge in [0.05, 0.1) is 11.4 Å². The maximum atomic E-state index is 13.1. The second-order valence-electron chi connectivity index (χ2n) is 6.62. The highest BCUT2D eigenvalue weighted by Crippen LogP contribution is 2.25. The number of aryl methyl sites for hydroxylation is 1. The maximum Gasteiger partial charge on any atom is 0.331 e. The Morgan fingerprint density at radius 1 is 1.25 bits per heavy atom. The zero-order valence-electron chi connectivity index (χ0n) is 15.7. The summed E-state index contributed by atoms with van der Waals surface area (Å²) in [5.41, 5.74) is 1.74. The minimum atomic E-state index is -0.839. The van der Waals surface area contributed by atoms with E-state index < -0.39 is 12.1 Å². The number of likely N-dealkylation sites (tertiary alicyclic amines) is 1. The number of benzene rings is 1. The monoisotopic (exact) mass is 405 g/mol. The van der Waals surface area contributed by atoms with E-state index in [-0.39, 0.29) is 16.9 Å². The van der Waals surface area contributed by atoms with Gasteiger partial charge in [-0.3, -0.25) is 4.79 Å². The minimum absolute atomic E-state index is 0.183. The number of hydrogen-bond donors (Lipinski definition) is 0.